The van der Waals surface area contributed by atoms with Gasteiger partial charge in [0.25, 0.3) is 11.7 Å². The fourth-order valence-corrected chi connectivity index (χ4v) is 3.56. The number of likely N-dealkylation sites (tertiary alicyclic amines) is 1. The van der Waals surface area contributed by atoms with Crippen LogP contribution < -0.4 is 10.1 Å². The largest absolute Gasteiger partial charge is 0.507 e. The molecule has 1 fully saturated rings. The van der Waals surface area contributed by atoms with E-state index in [1.807, 2.05) is 0 Å². The Kier molecular flexibility index (Phi) is 6.50. The molecule has 0 saturated carbocycles. The Balaban J connectivity index is 2.14. The average Bonchev–Trinajstić information content (AvgIpc) is 2.99. The van der Waals surface area contributed by atoms with E-state index in [4.69, 9.17) is 16.3 Å². The van der Waals surface area contributed by atoms with Gasteiger partial charge in [0.1, 0.15) is 5.76 Å². The number of phenolic OH excluding ortho intramolecular Hbond substituents is 1. The number of phenols is 1. The number of ether oxygens (including phenoxy) is 1. The van der Waals surface area contributed by atoms with Gasteiger partial charge in [-0.1, -0.05) is 17.7 Å². The Morgan fingerprint density at radius 2 is 1.87 bits per heavy atom. The van der Waals surface area contributed by atoms with E-state index in [0.29, 0.717) is 16.1 Å². The van der Waals surface area contributed by atoms with E-state index in [-0.39, 0.29) is 41.8 Å². The van der Waals surface area contributed by atoms with Crippen molar-refractivity contribution >= 4 is 35.0 Å². The fourth-order valence-electron chi connectivity index (χ4n) is 3.44. The highest BCUT2D eigenvalue weighted by atomic mass is 35.5. The van der Waals surface area contributed by atoms with Gasteiger partial charge < -0.3 is 25.2 Å². The zero-order valence-corrected chi connectivity index (χ0v) is 17.6. The molecule has 162 valence electrons. The molecule has 1 heterocycles. The maximum absolute atomic E-state index is 12.9. The molecular weight excluding hydrogens is 424 g/mol. The van der Waals surface area contributed by atoms with E-state index < -0.39 is 17.7 Å². The van der Waals surface area contributed by atoms with Crippen LogP contribution in [-0.4, -0.2) is 52.9 Å². The topological polar surface area (TPSA) is 116 Å². The van der Waals surface area contributed by atoms with E-state index >= 15 is 0 Å². The predicted octanol–water partition coefficient (Wildman–Crippen LogP) is 2.61. The standard InChI is InChI=1S/C22H21ClN2O6/c1-12(26)24-9-10-25-19(14-5-8-16(27)17(11-14)31-2)18(21(29)22(25)30)20(28)13-3-6-15(23)7-4-13/h3-8,11,19,27-28H,9-10H2,1-2H3,(H,24,26). The zero-order valence-electron chi connectivity index (χ0n) is 16.9. The smallest absolute Gasteiger partial charge is 0.295 e. The van der Waals surface area contributed by atoms with Gasteiger partial charge in [-0.3, -0.25) is 14.4 Å². The molecule has 1 aliphatic rings. The summed E-state index contributed by atoms with van der Waals surface area (Å²) in [7, 11) is 1.38. The Morgan fingerprint density at radius 1 is 1.19 bits per heavy atom. The molecule has 0 bridgehead atoms. The lowest BCUT2D eigenvalue weighted by Crippen LogP contribution is -2.37. The zero-order chi connectivity index (χ0) is 22.7. The Hall–Kier alpha value is -3.52. The minimum absolute atomic E-state index is 0.0371. The van der Waals surface area contributed by atoms with Gasteiger partial charge in [-0.25, -0.2) is 0 Å². The number of methoxy groups -OCH3 is 1. The van der Waals surface area contributed by atoms with Crippen LogP contribution in [0.15, 0.2) is 48.0 Å². The summed E-state index contributed by atoms with van der Waals surface area (Å²) in [6, 6.07) is 9.66. The first-order chi connectivity index (χ1) is 14.7. The van der Waals surface area contributed by atoms with Crippen LogP contribution in [0.2, 0.25) is 5.02 Å². The molecule has 2 amide bonds. The van der Waals surface area contributed by atoms with Crippen molar-refractivity contribution in [2.45, 2.75) is 13.0 Å². The molecular formula is C22H21ClN2O6. The second-order valence-electron chi connectivity index (χ2n) is 6.91. The van der Waals surface area contributed by atoms with Gasteiger partial charge in [0.15, 0.2) is 11.5 Å². The van der Waals surface area contributed by atoms with Crippen molar-refractivity contribution in [2.24, 2.45) is 0 Å². The summed E-state index contributed by atoms with van der Waals surface area (Å²) in [6.45, 7) is 1.50. The average molecular weight is 445 g/mol. The van der Waals surface area contributed by atoms with E-state index in [2.05, 4.69) is 5.32 Å². The van der Waals surface area contributed by atoms with Crippen LogP contribution in [0.4, 0.5) is 0 Å². The number of amides is 2. The number of carbonyl (C=O) groups excluding carboxylic acids is 3. The molecule has 2 aromatic carbocycles. The van der Waals surface area contributed by atoms with Crippen molar-refractivity contribution in [2.75, 3.05) is 20.2 Å². The van der Waals surface area contributed by atoms with Crippen molar-refractivity contribution < 1.29 is 29.3 Å². The van der Waals surface area contributed by atoms with Crippen LogP contribution in [0.3, 0.4) is 0 Å². The number of nitrogens with one attached hydrogen (secondary N) is 1. The highest BCUT2D eigenvalue weighted by Gasteiger charge is 2.46. The number of carbonyl (C=O) groups is 3. The fraction of sp³-hybridized carbons (Fsp3) is 0.227. The van der Waals surface area contributed by atoms with Crippen molar-refractivity contribution in [3.63, 3.8) is 0 Å². The number of hydrogen-bond acceptors (Lipinski definition) is 6. The van der Waals surface area contributed by atoms with E-state index in [0.717, 1.165) is 0 Å². The maximum Gasteiger partial charge on any atom is 0.295 e. The number of aliphatic hydroxyl groups is 1. The van der Waals surface area contributed by atoms with Gasteiger partial charge in [0.2, 0.25) is 5.91 Å². The summed E-state index contributed by atoms with van der Waals surface area (Å²) in [4.78, 5) is 38.2. The number of aromatic hydroxyl groups is 1. The number of halogens is 1. The third-order valence-corrected chi connectivity index (χ3v) is 5.16. The quantitative estimate of drug-likeness (QED) is 0.358. The van der Waals surface area contributed by atoms with Crippen LogP contribution in [0.5, 0.6) is 11.5 Å². The lowest BCUT2D eigenvalue weighted by atomic mass is 9.95. The summed E-state index contributed by atoms with van der Waals surface area (Å²) in [6.07, 6.45) is 0. The van der Waals surface area contributed by atoms with Crippen molar-refractivity contribution in [3.05, 3.63) is 64.2 Å². The molecule has 0 spiro atoms. The Labute approximate surface area is 183 Å². The normalized spacial score (nSPS) is 17.6. The molecule has 3 N–H and O–H groups in total. The third kappa shape index (κ3) is 4.49. The summed E-state index contributed by atoms with van der Waals surface area (Å²) in [5.41, 5.74) is 0.662. The SMILES string of the molecule is COc1cc(C2C(=C(O)c3ccc(Cl)cc3)C(=O)C(=O)N2CCNC(C)=O)ccc1O. The highest BCUT2D eigenvalue weighted by molar-refractivity contribution is 6.46. The van der Waals surface area contributed by atoms with Crippen LogP contribution in [0.25, 0.3) is 5.76 Å². The number of nitrogens with zero attached hydrogens (tertiary/aromatic N) is 1. The minimum atomic E-state index is -0.945. The Morgan fingerprint density at radius 3 is 2.48 bits per heavy atom. The van der Waals surface area contributed by atoms with Crippen molar-refractivity contribution in [1.82, 2.24) is 10.2 Å². The molecule has 3 rings (SSSR count). The van der Waals surface area contributed by atoms with Crippen LogP contribution in [-0.2, 0) is 14.4 Å². The third-order valence-electron chi connectivity index (χ3n) is 4.90. The van der Waals surface area contributed by atoms with Crippen molar-refractivity contribution in [1.29, 1.82) is 0 Å². The lowest BCUT2D eigenvalue weighted by Gasteiger charge is -2.25. The number of aliphatic hydroxyl groups excluding tert-OH is 1. The van der Waals surface area contributed by atoms with Gasteiger partial charge in [-0.2, -0.15) is 0 Å². The number of Topliss-reactive ketones (excluding diaryl/α,β-unsaturated/α-hetero) is 1. The molecule has 1 aliphatic heterocycles. The van der Waals surface area contributed by atoms with Gasteiger partial charge in [0.05, 0.1) is 18.7 Å². The lowest BCUT2D eigenvalue weighted by molar-refractivity contribution is -0.140. The molecule has 2 aromatic rings. The molecule has 31 heavy (non-hydrogen) atoms. The second kappa shape index (κ2) is 9.09. The molecule has 0 aliphatic carbocycles. The predicted molar refractivity (Wildman–Crippen MR) is 114 cm³/mol. The van der Waals surface area contributed by atoms with Crippen molar-refractivity contribution in [3.8, 4) is 11.5 Å². The summed E-state index contributed by atoms with van der Waals surface area (Å²) >= 11 is 5.91. The van der Waals surface area contributed by atoms with E-state index in [9.17, 15) is 24.6 Å². The van der Waals surface area contributed by atoms with Crippen LogP contribution >= 0.6 is 11.6 Å². The van der Waals surface area contributed by atoms with Gasteiger partial charge in [0, 0.05) is 30.6 Å². The van der Waals surface area contributed by atoms with Gasteiger partial charge in [-0.05, 0) is 42.0 Å². The van der Waals surface area contributed by atoms with E-state index in [1.165, 1.54) is 49.3 Å². The van der Waals surface area contributed by atoms with Gasteiger partial charge >= 0.3 is 0 Å². The second-order valence-corrected chi connectivity index (χ2v) is 7.35. The van der Waals surface area contributed by atoms with Gasteiger partial charge in [-0.15, -0.1) is 0 Å². The van der Waals surface area contributed by atoms with E-state index in [1.54, 1.807) is 12.1 Å². The first kappa shape index (κ1) is 22.2. The molecule has 1 atom stereocenters. The minimum Gasteiger partial charge on any atom is -0.507 e. The summed E-state index contributed by atoms with van der Waals surface area (Å²) in [5.74, 6) is -2.25. The summed E-state index contributed by atoms with van der Waals surface area (Å²) < 4.78 is 5.15. The number of ketones is 1. The first-order valence-corrected chi connectivity index (χ1v) is 9.78. The highest BCUT2D eigenvalue weighted by Crippen LogP contribution is 2.41. The molecule has 1 saturated heterocycles. The molecule has 0 aromatic heterocycles. The number of benzene rings is 2. The Bertz CT molecular complexity index is 1060. The molecule has 8 nitrogen and oxygen atoms in total. The number of hydrogen-bond donors (Lipinski definition) is 3. The summed E-state index contributed by atoms with van der Waals surface area (Å²) in [5, 5.41) is 23.9. The van der Waals surface area contributed by atoms with Crippen LogP contribution in [0.1, 0.15) is 24.1 Å². The molecule has 0 radical (unpaired) electrons. The monoisotopic (exact) mass is 444 g/mol. The first-order valence-electron chi connectivity index (χ1n) is 9.40. The molecule has 9 heteroatoms. The maximum atomic E-state index is 12.9. The molecule has 1 unspecified atom stereocenters. The van der Waals surface area contributed by atoms with Crippen LogP contribution in [0, 0.1) is 0 Å². The number of rotatable bonds is 6.